The van der Waals surface area contributed by atoms with E-state index >= 15 is 0 Å². The summed E-state index contributed by atoms with van der Waals surface area (Å²) >= 11 is 0. The quantitative estimate of drug-likeness (QED) is 0.615. The van der Waals surface area contributed by atoms with E-state index in [0.717, 1.165) is 37.6 Å². The van der Waals surface area contributed by atoms with Gasteiger partial charge in [0.05, 0.1) is 17.6 Å². The summed E-state index contributed by atoms with van der Waals surface area (Å²) in [4.78, 5) is 12.8. The van der Waals surface area contributed by atoms with Crippen LogP contribution in [0, 0.1) is 10.1 Å². The van der Waals surface area contributed by atoms with Gasteiger partial charge in [0.2, 0.25) is 0 Å². The van der Waals surface area contributed by atoms with Gasteiger partial charge in [-0.15, -0.1) is 0 Å². The highest BCUT2D eigenvalue weighted by molar-refractivity contribution is 5.63. The zero-order valence-electron chi connectivity index (χ0n) is 12.5. The Morgan fingerprint density at radius 3 is 2.71 bits per heavy atom. The first-order valence-corrected chi connectivity index (χ1v) is 7.16. The van der Waals surface area contributed by atoms with Gasteiger partial charge in [-0.05, 0) is 20.0 Å². The monoisotopic (exact) mass is 294 g/mol. The Morgan fingerprint density at radius 1 is 1.38 bits per heavy atom. The Morgan fingerprint density at radius 2 is 2.10 bits per heavy atom. The zero-order chi connectivity index (χ0) is 15.2. The Hall–Kier alpha value is -1.86. The maximum Gasteiger partial charge on any atom is 0.273 e. The Kier molecular flexibility index (Phi) is 5.35. The van der Waals surface area contributed by atoms with E-state index in [-0.39, 0.29) is 16.7 Å². The maximum atomic E-state index is 11.0. The summed E-state index contributed by atoms with van der Waals surface area (Å²) in [6.07, 6.45) is 0.102. The van der Waals surface area contributed by atoms with E-state index in [2.05, 4.69) is 22.6 Å². The summed E-state index contributed by atoms with van der Waals surface area (Å²) in [6, 6.07) is 4.97. The van der Waals surface area contributed by atoms with Crippen molar-refractivity contribution >= 4 is 17.1 Å². The molecule has 1 aromatic carbocycles. The van der Waals surface area contributed by atoms with Crippen molar-refractivity contribution in [3.8, 4) is 0 Å². The molecule has 1 saturated heterocycles. The molecule has 0 radical (unpaired) electrons. The second-order valence-electron chi connectivity index (χ2n) is 5.19. The van der Waals surface area contributed by atoms with Crippen molar-refractivity contribution in [1.82, 2.24) is 4.90 Å². The van der Waals surface area contributed by atoms with Gasteiger partial charge in [-0.1, -0.05) is 0 Å². The van der Waals surface area contributed by atoms with E-state index in [9.17, 15) is 10.1 Å². The van der Waals surface area contributed by atoms with Crippen molar-refractivity contribution in [3.05, 3.63) is 28.3 Å². The average molecular weight is 294 g/mol. The summed E-state index contributed by atoms with van der Waals surface area (Å²) in [5.74, 6) is 0. The highest BCUT2D eigenvalue weighted by atomic mass is 16.6. The van der Waals surface area contributed by atoms with E-state index < -0.39 is 0 Å². The number of anilines is 2. The lowest BCUT2D eigenvalue weighted by atomic mass is 10.2. The third-order valence-electron chi connectivity index (χ3n) is 3.39. The van der Waals surface area contributed by atoms with Crippen LogP contribution in [0.2, 0.25) is 0 Å². The van der Waals surface area contributed by atoms with E-state index in [1.165, 1.54) is 0 Å². The van der Waals surface area contributed by atoms with Crippen LogP contribution in [0.5, 0.6) is 0 Å². The number of hydrogen-bond donors (Lipinski definition) is 2. The normalized spacial score (nSPS) is 19.2. The van der Waals surface area contributed by atoms with Crippen LogP contribution in [0.15, 0.2) is 18.2 Å². The van der Waals surface area contributed by atoms with Crippen molar-refractivity contribution in [1.29, 1.82) is 0 Å². The fourth-order valence-electron chi connectivity index (χ4n) is 2.35. The van der Waals surface area contributed by atoms with Crippen LogP contribution in [-0.2, 0) is 4.74 Å². The number of rotatable bonds is 6. The van der Waals surface area contributed by atoms with Crippen LogP contribution in [0.25, 0.3) is 0 Å². The van der Waals surface area contributed by atoms with Crippen LogP contribution >= 0.6 is 0 Å². The number of morpholine rings is 1. The predicted octanol–water partition coefficient (Wildman–Crippen LogP) is 1.77. The number of nitrogens with one attached hydrogen (secondary N) is 2. The van der Waals surface area contributed by atoms with E-state index in [1.54, 1.807) is 12.1 Å². The minimum absolute atomic E-state index is 0.0811. The molecular weight excluding hydrogens is 272 g/mol. The standard InChI is InChI=1S/C14H22N4O3/c1-3-15-11-6-12(8-13(7-11)18(19)20)16-9-14-10-17(2)4-5-21-14/h6-8,14-16H,3-5,9-10H2,1-2H3. The molecule has 1 heterocycles. The number of hydrogen-bond acceptors (Lipinski definition) is 6. The lowest BCUT2D eigenvalue weighted by Gasteiger charge is -2.30. The summed E-state index contributed by atoms with van der Waals surface area (Å²) < 4.78 is 5.67. The smallest absolute Gasteiger partial charge is 0.273 e. The van der Waals surface area contributed by atoms with Crippen LogP contribution in [-0.4, -0.2) is 55.8 Å². The highest BCUT2D eigenvalue weighted by Gasteiger charge is 2.18. The number of non-ortho nitro benzene ring substituents is 1. The third kappa shape index (κ3) is 4.57. The van der Waals surface area contributed by atoms with Crippen molar-refractivity contribution in [2.24, 2.45) is 0 Å². The van der Waals surface area contributed by atoms with Crippen LogP contribution in [0.1, 0.15) is 6.92 Å². The van der Waals surface area contributed by atoms with Gasteiger partial charge in [0.15, 0.2) is 0 Å². The van der Waals surface area contributed by atoms with Gasteiger partial charge in [-0.3, -0.25) is 10.1 Å². The van der Waals surface area contributed by atoms with Gasteiger partial charge in [0, 0.05) is 49.7 Å². The minimum Gasteiger partial charge on any atom is -0.385 e. The average Bonchev–Trinajstić information content (AvgIpc) is 2.45. The minimum atomic E-state index is -0.378. The molecule has 21 heavy (non-hydrogen) atoms. The fraction of sp³-hybridized carbons (Fsp3) is 0.571. The largest absolute Gasteiger partial charge is 0.385 e. The molecular formula is C14H22N4O3. The van der Waals surface area contributed by atoms with Gasteiger partial charge in [-0.25, -0.2) is 0 Å². The van der Waals surface area contributed by atoms with Gasteiger partial charge in [0.25, 0.3) is 5.69 Å². The first-order chi connectivity index (χ1) is 10.1. The summed E-state index contributed by atoms with van der Waals surface area (Å²) in [5.41, 5.74) is 1.56. The number of nitro benzene ring substituents is 1. The topological polar surface area (TPSA) is 79.7 Å². The number of ether oxygens (including phenoxy) is 1. The summed E-state index contributed by atoms with van der Waals surface area (Å²) in [6.45, 7) is 5.84. The molecule has 2 rings (SSSR count). The second-order valence-corrected chi connectivity index (χ2v) is 5.19. The van der Waals surface area contributed by atoms with Crippen LogP contribution < -0.4 is 10.6 Å². The molecule has 1 aliphatic heterocycles. The number of nitrogens with zero attached hydrogens (tertiary/aromatic N) is 2. The molecule has 1 atom stereocenters. The Bertz CT molecular complexity index is 495. The lowest BCUT2D eigenvalue weighted by molar-refractivity contribution is -0.384. The molecule has 2 N–H and O–H groups in total. The molecule has 7 heteroatoms. The van der Waals surface area contributed by atoms with Crippen molar-refractivity contribution in [2.75, 3.05) is 50.5 Å². The molecule has 0 aliphatic carbocycles. The van der Waals surface area contributed by atoms with Crippen molar-refractivity contribution < 1.29 is 9.66 Å². The third-order valence-corrected chi connectivity index (χ3v) is 3.39. The molecule has 7 nitrogen and oxygen atoms in total. The van der Waals surface area contributed by atoms with Crippen molar-refractivity contribution in [2.45, 2.75) is 13.0 Å². The molecule has 1 fully saturated rings. The number of likely N-dealkylation sites (N-methyl/N-ethyl adjacent to an activating group) is 1. The van der Waals surface area contributed by atoms with Gasteiger partial charge in [-0.2, -0.15) is 0 Å². The van der Waals surface area contributed by atoms with E-state index in [0.29, 0.717) is 6.54 Å². The second kappa shape index (κ2) is 7.24. The first kappa shape index (κ1) is 15.5. The predicted molar refractivity (Wildman–Crippen MR) is 83.0 cm³/mol. The zero-order valence-corrected chi connectivity index (χ0v) is 12.5. The SMILES string of the molecule is CCNc1cc(NCC2CN(C)CCO2)cc([N+](=O)[O-])c1. The molecule has 0 saturated carbocycles. The number of benzene rings is 1. The van der Waals surface area contributed by atoms with E-state index in [4.69, 9.17) is 4.74 Å². The van der Waals surface area contributed by atoms with Crippen LogP contribution in [0.4, 0.5) is 17.1 Å². The molecule has 1 aliphatic rings. The highest BCUT2D eigenvalue weighted by Crippen LogP contribution is 2.24. The molecule has 0 spiro atoms. The molecule has 116 valence electrons. The number of nitro groups is 1. The Labute approximate surface area is 124 Å². The van der Waals surface area contributed by atoms with Crippen molar-refractivity contribution in [3.63, 3.8) is 0 Å². The Balaban J connectivity index is 2.02. The summed E-state index contributed by atoms with van der Waals surface area (Å²) in [5, 5.41) is 17.3. The molecule has 1 unspecified atom stereocenters. The summed E-state index contributed by atoms with van der Waals surface area (Å²) in [7, 11) is 2.06. The first-order valence-electron chi connectivity index (χ1n) is 7.16. The molecule has 0 aromatic heterocycles. The maximum absolute atomic E-state index is 11.0. The van der Waals surface area contributed by atoms with Gasteiger partial charge >= 0.3 is 0 Å². The lowest BCUT2D eigenvalue weighted by Crippen LogP contribution is -2.43. The molecule has 0 amide bonds. The van der Waals surface area contributed by atoms with Gasteiger partial charge < -0.3 is 20.3 Å². The van der Waals surface area contributed by atoms with Gasteiger partial charge in [0.1, 0.15) is 0 Å². The van der Waals surface area contributed by atoms with E-state index in [1.807, 2.05) is 13.0 Å². The molecule has 0 bridgehead atoms. The molecule has 1 aromatic rings. The van der Waals surface area contributed by atoms with Crippen LogP contribution in [0.3, 0.4) is 0 Å². The fourth-order valence-corrected chi connectivity index (χ4v) is 2.35.